The zero-order valence-electron chi connectivity index (χ0n) is 18.6. The third-order valence-corrected chi connectivity index (χ3v) is 6.43. The fraction of sp³-hybridized carbons (Fsp3) is 0.348. The summed E-state index contributed by atoms with van der Waals surface area (Å²) in [5, 5.41) is 9.31. The Morgan fingerprint density at radius 1 is 1.18 bits per heavy atom. The van der Waals surface area contributed by atoms with Crippen molar-refractivity contribution >= 4 is 39.2 Å². The van der Waals surface area contributed by atoms with E-state index in [-0.39, 0.29) is 17.9 Å². The predicted octanol–water partition coefficient (Wildman–Crippen LogP) is 3.44. The van der Waals surface area contributed by atoms with Gasteiger partial charge < -0.3 is 9.64 Å². The molecule has 0 aliphatic rings. The average Bonchev–Trinajstić information content (AvgIpc) is 2.76. The number of ether oxygens (including phenoxy) is 1. The third kappa shape index (κ3) is 7.56. The molecule has 0 bridgehead atoms. The maximum Gasteiger partial charge on any atom is 0.324 e. The number of anilines is 1. The second-order valence-electron chi connectivity index (χ2n) is 7.70. The number of rotatable bonds is 10. The maximum absolute atomic E-state index is 12.8. The van der Waals surface area contributed by atoms with Crippen LogP contribution in [0, 0.1) is 24.2 Å². The molecule has 2 aromatic rings. The third-order valence-electron chi connectivity index (χ3n) is 4.74. The van der Waals surface area contributed by atoms with Gasteiger partial charge in [-0.05, 0) is 43.2 Å². The first-order valence-corrected chi connectivity index (χ1v) is 12.1. The van der Waals surface area contributed by atoms with Crippen LogP contribution in [0.3, 0.4) is 0 Å². The van der Waals surface area contributed by atoms with Crippen LogP contribution in [0.25, 0.3) is 0 Å². The lowest BCUT2D eigenvalue weighted by molar-refractivity contribution is -0.150. The molecule has 0 saturated heterocycles. The minimum Gasteiger partial charge on any atom is -0.454 e. The molecule has 0 radical (unpaired) electrons. The molecule has 10 heteroatoms. The van der Waals surface area contributed by atoms with Gasteiger partial charge in [0.25, 0.3) is 5.91 Å². The van der Waals surface area contributed by atoms with Crippen molar-refractivity contribution in [2.24, 2.45) is 5.92 Å². The molecule has 0 aliphatic carbocycles. The average molecular weight is 492 g/mol. The zero-order chi connectivity index (χ0) is 24.6. The Morgan fingerprint density at radius 3 is 2.42 bits per heavy atom. The molecule has 0 aliphatic heterocycles. The first kappa shape index (κ1) is 26.3. The Balaban J connectivity index is 2.12. The second-order valence-corrected chi connectivity index (χ2v) is 9.85. The summed E-state index contributed by atoms with van der Waals surface area (Å²) in [6, 6.07) is 13.5. The summed E-state index contributed by atoms with van der Waals surface area (Å²) >= 11 is 6.00. The number of hydrogen-bond donors (Lipinski definition) is 1. The molecule has 8 nitrogen and oxygen atoms in total. The van der Waals surface area contributed by atoms with Crippen molar-refractivity contribution in [3.63, 3.8) is 0 Å². The quantitative estimate of drug-likeness (QED) is 0.509. The van der Waals surface area contributed by atoms with Crippen molar-refractivity contribution in [1.29, 1.82) is 5.26 Å². The summed E-state index contributed by atoms with van der Waals surface area (Å²) in [6.45, 7) is 4.62. The van der Waals surface area contributed by atoms with Gasteiger partial charge in [0, 0.05) is 17.3 Å². The lowest BCUT2D eigenvalue weighted by Crippen LogP contribution is -2.46. The van der Waals surface area contributed by atoms with E-state index in [1.807, 2.05) is 13.0 Å². The topological polar surface area (TPSA) is 117 Å². The fourth-order valence-electron chi connectivity index (χ4n) is 2.91. The van der Waals surface area contributed by atoms with E-state index in [9.17, 15) is 18.0 Å². The molecule has 1 amide bonds. The number of esters is 1. The molecule has 2 rings (SSSR count). The molecule has 33 heavy (non-hydrogen) atoms. The van der Waals surface area contributed by atoms with Gasteiger partial charge in [-0.25, -0.2) is 8.42 Å². The van der Waals surface area contributed by atoms with Gasteiger partial charge in [-0.2, -0.15) is 9.98 Å². The maximum atomic E-state index is 12.8. The summed E-state index contributed by atoms with van der Waals surface area (Å²) < 4.78 is 32.9. The first-order chi connectivity index (χ1) is 15.5. The van der Waals surface area contributed by atoms with Crippen molar-refractivity contribution in [1.82, 2.24) is 4.72 Å². The van der Waals surface area contributed by atoms with Gasteiger partial charge in [0.05, 0.1) is 17.4 Å². The van der Waals surface area contributed by atoms with E-state index in [1.54, 1.807) is 50.2 Å². The van der Waals surface area contributed by atoms with Gasteiger partial charge in [-0.3, -0.25) is 9.59 Å². The second kappa shape index (κ2) is 11.8. The number of amides is 1. The van der Waals surface area contributed by atoms with Crippen LogP contribution in [0.4, 0.5) is 5.69 Å². The Labute approximate surface area is 199 Å². The highest BCUT2D eigenvalue weighted by atomic mass is 35.5. The predicted molar refractivity (Wildman–Crippen MR) is 125 cm³/mol. The van der Waals surface area contributed by atoms with E-state index in [2.05, 4.69) is 4.72 Å². The van der Waals surface area contributed by atoms with Crippen molar-refractivity contribution in [2.75, 3.05) is 18.1 Å². The molecule has 0 saturated carbocycles. The number of carbonyl (C=O) groups excluding carboxylic acids is 2. The van der Waals surface area contributed by atoms with Crippen LogP contribution in [-0.4, -0.2) is 39.5 Å². The monoisotopic (exact) mass is 491 g/mol. The zero-order valence-corrected chi connectivity index (χ0v) is 20.2. The van der Waals surface area contributed by atoms with E-state index >= 15 is 0 Å². The highest BCUT2D eigenvalue weighted by molar-refractivity contribution is 7.89. The van der Waals surface area contributed by atoms with Crippen molar-refractivity contribution in [2.45, 2.75) is 38.1 Å². The van der Waals surface area contributed by atoms with E-state index in [4.69, 9.17) is 21.6 Å². The van der Waals surface area contributed by atoms with E-state index in [0.29, 0.717) is 10.7 Å². The number of aryl methyl sites for hydroxylation is 1. The summed E-state index contributed by atoms with van der Waals surface area (Å²) in [7, 11) is -3.98. The summed E-state index contributed by atoms with van der Waals surface area (Å²) in [5.74, 6) is -1.87. The minimum atomic E-state index is -3.98. The van der Waals surface area contributed by atoms with Crippen LogP contribution in [0.2, 0.25) is 5.02 Å². The van der Waals surface area contributed by atoms with Crippen LogP contribution in [0.1, 0.15) is 25.8 Å². The Kier molecular flexibility index (Phi) is 9.41. The molecule has 2 aromatic carbocycles. The van der Waals surface area contributed by atoms with Crippen LogP contribution in [0.5, 0.6) is 0 Å². The number of nitrogens with zero attached hydrogens (tertiary/aromatic N) is 2. The highest BCUT2D eigenvalue weighted by Crippen LogP contribution is 2.20. The lowest BCUT2D eigenvalue weighted by Gasteiger charge is -2.24. The van der Waals surface area contributed by atoms with Crippen LogP contribution in [-0.2, 0) is 24.3 Å². The Morgan fingerprint density at radius 2 is 1.85 bits per heavy atom. The van der Waals surface area contributed by atoms with E-state index in [1.165, 1.54) is 17.0 Å². The highest BCUT2D eigenvalue weighted by Gasteiger charge is 2.30. The van der Waals surface area contributed by atoms with Gasteiger partial charge in [0.2, 0.25) is 10.0 Å². The molecular formula is C23H26ClN3O5S. The molecule has 0 spiro atoms. The number of hydrogen-bond acceptors (Lipinski definition) is 6. The number of halogens is 1. The largest absolute Gasteiger partial charge is 0.454 e. The summed E-state index contributed by atoms with van der Waals surface area (Å²) in [6.07, 6.45) is 0.0666. The molecule has 1 atom stereocenters. The van der Waals surface area contributed by atoms with Crippen LogP contribution >= 0.6 is 11.6 Å². The Bertz CT molecular complexity index is 1130. The number of sulfonamides is 1. The normalized spacial score (nSPS) is 12.1. The van der Waals surface area contributed by atoms with Crippen molar-refractivity contribution in [3.05, 3.63) is 59.1 Å². The molecule has 0 heterocycles. The van der Waals surface area contributed by atoms with E-state index < -0.39 is 40.5 Å². The summed E-state index contributed by atoms with van der Waals surface area (Å²) in [4.78, 5) is 26.8. The van der Waals surface area contributed by atoms with Crippen LogP contribution < -0.4 is 9.62 Å². The molecular weight excluding hydrogens is 466 g/mol. The van der Waals surface area contributed by atoms with Crippen molar-refractivity contribution in [3.8, 4) is 6.07 Å². The van der Waals surface area contributed by atoms with Gasteiger partial charge in [-0.15, -0.1) is 0 Å². The molecule has 1 unspecified atom stereocenters. The smallest absolute Gasteiger partial charge is 0.324 e. The molecule has 1 N–H and O–H groups in total. The number of benzene rings is 2. The molecule has 0 aromatic heterocycles. The number of carbonyl (C=O) groups is 2. The van der Waals surface area contributed by atoms with Crippen molar-refractivity contribution < 1.29 is 22.7 Å². The Hall–Kier alpha value is -2.93. The number of nitriles is 1. The summed E-state index contributed by atoms with van der Waals surface area (Å²) in [5.41, 5.74) is 1.35. The lowest BCUT2D eigenvalue weighted by atomic mass is 10.1. The molecule has 0 fully saturated rings. The van der Waals surface area contributed by atoms with E-state index in [0.717, 1.165) is 5.56 Å². The fourth-order valence-corrected chi connectivity index (χ4v) is 4.43. The van der Waals surface area contributed by atoms with Gasteiger partial charge in [0.15, 0.2) is 6.61 Å². The first-order valence-electron chi connectivity index (χ1n) is 10.2. The SMILES string of the molecule is Cc1ccc(S(=O)(=O)NC(C(=O)OCC(=O)N(CCC#N)c2cccc(Cl)c2)C(C)C)cc1. The van der Waals surface area contributed by atoms with Crippen LogP contribution in [0.15, 0.2) is 53.4 Å². The standard InChI is InChI=1S/C23H26ClN3O5S/c1-16(2)22(26-33(30,31)20-10-8-17(3)9-11-20)23(29)32-15-21(28)27(13-5-12-25)19-7-4-6-18(24)14-19/h4,6-11,14,16,22,26H,5,13,15H2,1-3H3. The number of nitrogens with one attached hydrogen (secondary N) is 1. The van der Waals surface area contributed by atoms with Gasteiger partial charge >= 0.3 is 5.97 Å². The minimum absolute atomic E-state index is 0.0197. The van der Waals surface area contributed by atoms with Gasteiger partial charge in [-0.1, -0.05) is 49.2 Å². The molecule has 176 valence electrons. The van der Waals surface area contributed by atoms with Gasteiger partial charge in [0.1, 0.15) is 6.04 Å².